The van der Waals surface area contributed by atoms with Crippen LogP contribution >= 0.6 is 0 Å². The highest BCUT2D eigenvalue weighted by molar-refractivity contribution is 6.16. The molecule has 0 aliphatic rings. The summed E-state index contributed by atoms with van der Waals surface area (Å²) in [6, 6.07) is 21.2. The third-order valence-electron chi connectivity index (χ3n) is 5.55. The van der Waals surface area contributed by atoms with Crippen LogP contribution in [0.25, 0.3) is 5.57 Å². The Labute approximate surface area is 218 Å². The van der Waals surface area contributed by atoms with Crippen LogP contribution in [-0.4, -0.2) is 39.6 Å². The highest BCUT2D eigenvalue weighted by Gasteiger charge is 2.17. The van der Waals surface area contributed by atoms with Crippen LogP contribution in [0.2, 0.25) is 0 Å². The smallest absolute Gasteiger partial charge is 0.341 e. The van der Waals surface area contributed by atoms with E-state index in [1.807, 2.05) is 80.6 Å². The Balaban J connectivity index is 1.57. The van der Waals surface area contributed by atoms with E-state index in [9.17, 15) is 4.79 Å². The molecule has 0 unspecified atom stereocenters. The van der Waals surface area contributed by atoms with Crippen LogP contribution in [0.3, 0.4) is 0 Å². The van der Waals surface area contributed by atoms with Gasteiger partial charge in [-0.15, -0.1) is 0 Å². The number of carbonyl (C=O) groups excluding carboxylic acids is 1. The molecule has 0 atom stereocenters. The van der Waals surface area contributed by atoms with Crippen molar-refractivity contribution >= 4 is 17.8 Å². The number of nitrogens with zero attached hydrogens (tertiary/aromatic N) is 1. The zero-order chi connectivity index (χ0) is 26.5. The molecule has 0 fully saturated rings. The number of methoxy groups -OCH3 is 2. The fourth-order valence-corrected chi connectivity index (χ4v) is 3.60. The van der Waals surface area contributed by atoms with Crippen molar-refractivity contribution < 1.29 is 28.6 Å². The highest BCUT2D eigenvalue weighted by Crippen LogP contribution is 2.26. The second-order valence-corrected chi connectivity index (χ2v) is 8.26. The predicted octanol–water partition coefficient (Wildman–Crippen LogP) is 5.86. The standard InChI is InChI=1S/C30H33NO6/c1-22-18-29(36-20-24-11-8-9-14-27(24)28(21-33-3)30(32)34-4)23(2)17-25(22)19-31-37-16-10-15-35-26-12-6-5-7-13-26/h5-9,11-14,17-19,21H,10,15-16,20H2,1-4H3/b28-21+,31-19+. The number of esters is 1. The number of ether oxygens (including phenoxy) is 4. The molecule has 0 amide bonds. The summed E-state index contributed by atoms with van der Waals surface area (Å²) < 4.78 is 21.8. The van der Waals surface area contributed by atoms with E-state index >= 15 is 0 Å². The average molecular weight is 504 g/mol. The Hall–Kier alpha value is -4.26. The molecule has 0 spiro atoms. The van der Waals surface area contributed by atoms with Crippen LogP contribution in [0.4, 0.5) is 0 Å². The minimum absolute atomic E-state index is 0.274. The topological polar surface area (TPSA) is 75.6 Å². The number of hydrogen-bond donors (Lipinski definition) is 0. The van der Waals surface area contributed by atoms with Gasteiger partial charge in [-0.2, -0.15) is 0 Å². The maximum absolute atomic E-state index is 12.2. The quantitative estimate of drug-likeness (QED) is 0.0726. The second kappa shape index (κ2) is 14.3. The molecule has 3 rings (SSSR count). The molecule has 0 aliphatic carbocycles. The van der Waals surface area contributed by atoms with Gasteiger partial charge in [-0.3, -0.25) is 0 Å². The lowest BCUT2D eigenvalue weighted by Gasteiger charge is -2.15. The van der Waals surface area contributed by atoms with E-state index in [4.69, 9.17) is 23.8 Å². The third-order valence-corrected chi connectivity index (χ3v) is 5.55. The zero-order valence-electron chi connectivity index (χ0n) is 21.7. The number of hydrogen-bond acceptors (Lipinski definition) is 7. The van der Waals surface area contributed by atoms with E-state index in [-0.39, 0.29) is 6.61 Å². The monoisotopic (exact) mass is 503 g/mol. The first-order valence-electron chi connectivity index (χ1n) is 12.0. The van der Waals surface area contributed by atoms with Gasteiger partial charge >= 0.3 is 5.97 Å². The van der Waals surface area contributed by atoms with Gasteiger partial charge in [0.05, 0.1) is 33.3 Å². The lowest BCUT2D eigenvalue weighted by atomic mass is 10.0. The average Bonchev–Trinajstić information content (AvgIpc) is 2.92. The molecule has 0 N–H and O–H groups in total. The van der Waals surface area contributed by atoms with Crippen LogP contribution < -0.4 is 9.47 Å². The summed E-state index contributed by atoms with van der Waals surface area (Å²) in [4.78, 5) is 17.6. The molecule has 3 aromatic carbocycles. The first kappa shape index (κ1) is 27.3. The fourth-order valence-electron chi connectivity index (χ4n) is 3.60. The summed E-state index contributed by atoms with van der Waals surface area (Å²) in [6.07, 6.45) is 3.82. The molecule has 0 bridgehead atoms. The first-order chi connectivity index (χ1) is 18.0. The molecule has 0 saturated heterocycles. The summed E-state index contributed by atoms with van der Waals surface area (Å²) in [6.45, 7) is 5.27. The molecular weight excluding hydrogens is 470 g/mol. The summed E-state index contributed by atoms with van der Waals surface area (Å²) in [5, 5.41) is 4.10. The number of rotatable bonds is 13. The normalized spacial score (nSPS) is 11.3. The minimum atomic E-state index is -0.476. The van der Waals surface area contributed by atoms with Crippen LogP contribution in [0.5, 0.6) is 11.5 Å². The Kier molecular flexibility index (Phi) is 10.6. The lowest BCUT2D eigenvalue weighted by Crippen LogP contribution is -2.08. The van der Waals surface area contributed by atoms with Gasteiger partial charge in [0.15, 0.2) is 0 Å². The Morgan fingerprint density at radius 2 is 1.65 bits per heavy atom. The SMILES string of the molecule is CO/C=C(/C(=O)OC)c1ccccc1COc1cc(C)c(/C=N/OCCCOc2ccccc2)cc1C. The highest BCUT2D eigenvalue weighted by atomic mass is 16.6. The molecule has 0 radical (unpaired) electrons. The van der Waals surface area contributed by atoms with Gasteiger partial charge in [-0.1, -0.05) is 47.6 Å². The molecule has 194 valence electrons. The predicted molar refractivity (Wildman–Crippen MR) is 144 cm³/mol. The van der Waals surface area contributed by atoms with Gasteiger partial charge in [0, 0.05) is 6.42 Å². The minimum Gasteiger partial charge on any atom is -0.503 e. The van der Waals surface area contributed by atoms with Crippen molar-refractivity contribution in [2.75, 3.05) is 27.4 Å². The molecule has 7 heteroatoms. The van der Waals surface area contributed by atoms with E-state index < -0.39 is 5.97 Å². The third kappa shape index (κ3) is 8.14. The zero-order valence-corrected chi connectivity index (χ0v) is 21.7. The maximum Gasteiger partial charge on any atom is 0.341 e. The van der Waals surface area contributed by atoms with E-state index in [1.54, 1.807) is 6.21 Å². The van der Waals surface area contributed by atoms with Crippen molar-refractivity contribution in [3.05, 3.63) is 101 Å². The second-order valence-electron chi connectivity index (χ2n) is 8.26. The van der Waals surface area contributed by atoms with Crippen molar-refractivity contribution in [2.24, 2.45) is 5.16 Å². The number of oxime groups is 1. The Morgan fingerprint density at radius 3 is 2.41 bits per heavy atom. The van der Waals surface area contributed by atoms with E-state index in [0.717, 1.165) is 40.2 Å². The van der Waals surface area contributed by atoms with E-state index in [2.05, 4.69) is 5.16 Å². The summed E-state index contributed by atoms with van der Waals surface area (Å²) >= 11 is 0. The van der Waals surface area contributed by atoms with Crippen molar-refractivity contribution in [3.8, 4) is 11.5 Å². The molecule has 7 nitrogen and oxygen atoms in total. The maximum atomic E-state index is 12.2. The molecule has 0 aromatic heterocycles. The fraction of sp³-hybridized carbons (Fsp3) is 0.267. The molecular formula is C30H33NO6. The molecule has 3 aromatic rings. The number of para-hydroxylation sites is 1. The molecule has 0 saturated carbocycles. The van der Waals surface area contributed by atoms with Gasteiger partial charge in [0.1, 0.15) is 30.3 Å². The van der Waals surface area contributed by atoms with Crippen molar-refractivity contribution in [1.82, 2.24) is 0 Å². The largest absolute Gasteiger partial charge is 0.503 e. The lowest BCUT2D eigenvalue weighted by molar-refractivity contribution is -0.133. The number of benzene rings is 3. The van der Waals surface area contributed by atoms with Crippen LogP contribution in [-0.2, 0) is 25.7 Å². The molecule has 0 aliphatic heterocycles. The molecule has 0 heterocycles. The van der Waals surface area contributed by atoms with Gasteiger partial charge in [0.25, 0.3) is 0 Å². The van der Waals surface area contributed by atoms with Crippen molar-refractivity contribution in [2.45, 2.75) is 26.9 Å². The summed E-state index contributed by atoms with van der Waals surface area (Å²) in [7, 11) is 2.83. The summed E-state index contributed by atoms with van der Waals surface area (Å²) in [5.74, 6) is 1.12. The first-order valence-corrected chi connectivity index (χ1v) is 12.0. The van der Waals surface area contributed by atoms with Gasteiger partial charge in [-0.05, 0) is 65.9 Å². The number of carbonyl (C=O) groups is 1. The van der Waals surface area contributed by atoms with Crippen molar-refractivity contribution in [3.63, 3.8) is 0 Å². The van der Waals surface area contributed by atoms with E-state index in [0.29, 0.717) is 24.4 Å². The van der Waals surface area contributed by atoms with Gasteiger partial charge in [0.2, 0.25) is 0 Å². The van der Waals surface area contributed by atoms with Gasteiger partial charge in [-0.25, -0.2) is 4.79 Å². The summed E-state index contributed by atoms with van der Waals surface area (Å²) in [5.41, 5.74) is 4.77. The van der Waals surface area contributed by atoms with E-state index in [1.165, 1.54) is 20.5 Å². The van der Waals surface area contributed by atoms with Crippen molar-refractivity contribution in [1.29, 1.82) is 0 Å². The van der Waals surface area contributed by atoms with Crippen LogP contribution in [0.15, 0.2) is 78.1 Å². The van der Waals surface area contributed by atoms with Crippen LogP contribution in [0, 0.1) is 13.8 Å². The Morgan fingerprint density at radius 1 is 0.892 bits per heavy atom. The number of aryl methyl sites for hydroxylation is 2. The van der Waals surface area contributed by atoms with Crippen LogP contribution in [0.1, 0.15) is 34.2 Å². The van der Waals surface area contributed by atoms with Gasteiger partial charge < -0.3 is 23.8 Å². The molecule has 37 heavy (non-hydrogen) atoms. The Bertz CT molecular complexity index is 1220.